The maximum atomic E-state index is 12.1. The fraction of sp³-hybridized carbons (Fsp3) is 0.214. The molecular formula is C14H14N2O4S. The largest absolute Gasteiger partial charge is 0.478 e. The molecule has 21 heavy (non-hydrogen) atoms. The summed E-state index contributed by atoms with van der Waals surface area (Å²) in [6.45, 7) is 3.49. The van der Waals surface area contributed by atoms with Crippen LogP contribution in [0.5, 0.6) is 0 Å². The van der Waals surface area contributed by atoms with Gasteiger partial charge in [-0.25, -0.2) is 4.79 Å². The van der Waals surface area contributed by atoms with Crippen molar-refractivity contribution in [1.82, 2.24) is 4.57 Å². The molecule has 0 saturated heterocycles. The molecule has 0 aliphatic heterocycles. The van der Waals surface area contributed by atoms with Gasteiger partial charge in [0, 0.05) is 29.8 Å². The minimum atomic E-state index is -1.09. The normalized spacial score (nSPS) is 10.4. The number of thiophene rings is 1. The van der Waals surface area contributed by atoms with Crippen molar-refractivity contribution in [2.45, 2.75) is 13.8 Å². The summed E-state index contributed by atoms with van der Waals surface area (Å²) in [6, 6.07) is 2.72. The molecule has 110 valence electrons. The maximum absolute atomic E-state index is 12.1. The Morgan fingerprint density at radius 1 is 1.33 bits per heavy atom. The minimum Gasteiger partial charge on any atom is -0.478 e. The number of nitrogens with one attached hydrogen (secondary N) is 1. The molecule has 0 fully saturated rings. The highest BCUT2D eigenvalue weighted by molar-refractivity contribution is 7.16. The van der Waals surface area contributed by atoms with Crippen LogP contribution < -0.4 is 10.9 Å². The van der Waals surface area contributed by atoms with Crippen molar-refractivity contribution in [3.05, 3.63) is 50.3 Å². The predicted octanol–water partition coefficient (Wildman–Crippen LogP) is 2.01. The third-order valence-electron chi connectivity index (χ3n) is 3.19. The highest BCUT2D eigenvalue weighted by Crippen LogP contribution is 2.32. The van der Waals surface area contributed by atoms with Gasteiger partial charge >= 0.3 is 5.97 Å². The van der Waals surface area contributed by atoms with Crippen LogP contribution in [-0.2, 0) is 7.05 Å². The Morgan fingerprint density at radius 2 is 2.00 bits per heavy atom. The number of nitrogens with zero attached hydrogens (tertiary/aromatic N) is 1. The molecule has 6 nitrogen and oxygen atoms in total. The lowest BCUT2D eigenvalue weighted by Gasteiger charge is -2.05. The molecule has 0 aliphatic carbocycles. The highest BCUT2D eigenvalue weighted by Gasteiger charge is 2.20. The molecule has 0 aromatic carbocycles. The van der Waals surface area contributed by atoms with E-state index >= 15 is 0 Å². The van der Waals surface area contributed by atoms with E-state index in [0.29, 0.717) is 5.56 Å². The lowest BCUT2D eigenvalue weighted by atomic mass is 10.1. The zero-order chi connectivity index (χ0) is 15.7. The van der Waals surface area contributed by atoms with E-state index in [1.807, 2.05) is 0 Å². The lowest BCUT2D eigenvalue weighted by Crippen LogP contribution is -2.20. The van der Waals surface area contributed by atoms with Gasteiger partial charge in [-0.2, -0.15) is 0 Å². The average molecular weight is 306 g/mol. The van der Waals surface area contributed by atoms with E-state index in [1.165, 1.54) is 34.2 Å². The highest BCUT2D eigenvalue weighted by atomic mass is 32.1. The van der Waals surface area contributed by atoms with Crippen LogP contribution in [0, 0.1) is 13.8 Å². The van der Waals surface area contributed by atoms with Crippen molar-refractivity contribution in [3.8, 4) is 0 Å². The van der Waals surface area contributed by atoms with Crippen LogP contribution in [-0.4, -0.2) is 21.6 Å². The van der Waals surface area contributed by atoms with Crippen molar-refractivity contribution in [3.63, 3.8) is 0 Å². The van der Waals surface area contributed by atoms with Gasteiger partial charge in [-0.3, -0.25) is 9.59 Å². The number of carbonyl (C=O) groups excluding carboxylic acids is 1. The maximum Gasteiger partial charge on any atom is 0.338 e. The SMILES string of the molecule is Cc1sc(NC(=O)c2ccn(C)c(=O)c2)c(C(=O)O)c1C. The van der Waals surface area contributed by atoms with Gasteiger partial charge in [0.1, 0.15) is 5.00 Å². The summed E-state index contributed by atoms with van der Waals surface area (Å²) in [5.41, 5.74) is 0.610. The molecule has 0 atom stereocenters. The molecule has 7 heteroatoms. The fourth-order valence-electron chi connectivity index (χ4n) is 1.84. The number of aromatic carboxylic acids is 1. The van der Waals surface area contributed by atoms with E-state index in [4.69, 9.17) is 0 Å². The zero-order valence-corrected chi connectivity index (χ0v) is 12.6. The minimum absolute atomic E-state index is 0.0923. The van der Waals surface area contributed by atoms with Crippen molar-refractivity contribution < 1.29 is 14.7 Å². The van der Waals surface area contributed by atoms with Gasteiger partial charge in [0.15, 0.2) is 0 Å². The Morgan fingerprint density at radius 3 is 2.57 bits per heavy atom. The molecule has 0 saturated carbocycles. The van der Waals surface area contributed by atoms with Gasteiger partial charge in [-0.15, -0.1) is 11.3 Å². The molecule has 2 rings (SSSR count). The summed E-state index contributed by atoms with van der Waals surface area (Å²) in [5.74, 6) is -1.59. The molecular weight excluding hydrogens is 292 g/mol. The summed E-state index contributed by atoms with van der Waals surface area (Å²) in [5, 5.41) is 12.1. The molecule has 0 spiro atoms. The van der Waals surface area contributed by atoms with Crippen LogP contribution in [0.3, 0.4) is 0 Å². The standard InChI is InChI=1S/C14H14N2O4S/c1-7-8(2)21-13(11(7)14(19)20)15-12(18)9-4-5-16(3)10(17)6-9/h4-6H,1-3H3,(H,15,18)(H,19,20). The molecule has 2 aromatic heterocycles. The van der Waals surface area contributed by atoms with Crippen LogP contribution in [0.25, 0.3) is 0 Å². The third kappa shape index (κ3) is 2.87. The van der Waals surface area contributed by atoms with Gasteiger partial charge in [-0.05, 0) is 25.5 Å². The molecule has 2 aromatic rings. The summed E-state index contributed by atoms with van der Waals surface area (Å²) >= 11 is 1.20. The Balaban J connectivity index is 2.36. The number of pyridine rings is 1. The van der Waals surface area contributed by atoms with E-state index in [1.54, 1.807) is 20.9 Å². The number of carboxylic acid groups (broad SMARTS) is 1. The van der Waals surface area contributed by atoms with E-state index in [2.05, 4.69) is 5.32 Å². The quantitative estimate of drug-likeness (QED) is 0.908. The van der Waals surface area contributed by atoms with Crippen molar-refractivity contribution >= 4 is 28.2 Å². The van der Waals surface area contributed by atoms with Crippen LogP contribution in [0.2, 0.25) is 0 Å². The van der Waals surface area contributed by atoms with Crippen LogP contribution in [0.1, 0.15) is 31.2 Å². The second-order valence-corrected chi connectivity index (χ2v) is 5.84. The van der Waals surface area contributed by atoms with Gasteiger partial charge in [0.05, 0.1) is 5.56 Å². The number of hydrogen-bond acceptors (Lipinski definition) is 4. The Bertz CT molecular complexity index is 789. The Hall–Kier alpha value is -2.41. The molecule has 0 bridgehead atoms. The molecule has 0 unspecified atom stereocenters. The first-order valence-corrected chi connectivity index (χ1v) is 6.94. The average Bonchev–Trinajstić information content (AvgIpc) is 2.68. The fourth-order valence-corrected chi connectivity index (χ4v) is 2.89. The number of carbonyl (C=O) groups is 2. The monoisotopic (exact) mass is 306 g/mol. The lowest BCUT2D eigenvalue weighted by molar-refractivity contribution is 0.0697. The van der Waals surface area contributed by atoms with E-state index < -0.39 is 11.9 Å². The first-order chi connectivity index (χ1) is 9.81. The Kier molecular flexibility index (Phi) is 3.95. The first kappa shape index (κ1) is 15.0. The summed E-state index contributed by atoms with van der Waals surface area (Å²) in [7, 11) is 1.58. The summed E-state index contributed by atoms with van der Waals surface area (Å²) in [6.07, 6.45) is 1.49. The number of aryl methyl sites for hydroxylation is 2. The second-order valence-electron chi connectivity index (χ2n) is 4.61. The van der Waals surface area contributed by atoms with Crippen LogP contribution >= 0.6 is 11.3 Å². The first-order valence-electron chi connectivity index (χ1n) is 6.12. The van der Waals surface area contributed by atoms with E-state index in [-0.39, 0.29) is 21.7 Å². The number of aromatic nitrogens is 1. The predicted molar refractivity (Wildman–Crippen MR) is 80.4 cm³/mol. The van der Waals surface area contributed by atoms with Crippen molar-refractivity contribution in [2.75, 3.05) is 5.32 Å². The van der Waals surface area contributed by atoms with Crippen LogP contribution in [0.15, 0.2) is 23.1 Å². The molecule has 0 aliphatic rings. The number of rotatable bonds is 3. The van der Waals surface area contributed by atoms with Crippen LogP contribution in [0.4, 0.5) is 5.00 Å². The topological polar surface area (TPSA) is 88.4 Å². The number of hydrogen-bond donors (Lipinski definition) is 2. The Labute approximate surface area is 124 Å². The van der Waals surface area contributed by atoms with Gasteiger partial charge in [0.25, 0.3) is 11.5 Å². The zero-order valence-electron chi connectivity index (χ0n) is 11.8. The van der Waals surface area contributed by atoms with E-state index in [9.17, 15) is 19.5 Å². The molecule has 0 radical (unpaired) electrons. The number of amides is 1. The number of anilines is 1. The molecule has 1 amide bonds. The summed E-state index contributed by atoms with van der Waals surface area (Å²) in [4.78, 5) is 35.7. The van der Waals surface area contributed by atoms with Gasteiger partial charge < -0.3 is 15.0 Å². The van der Waals surface area contributed by atoms with E-state index in [0.717, 1.165) is 4.88 Å². The smallest absolute Gasteiger partial charge is 0.338 e. The summed E-state index contributed by atoms with van der Waals surface area (Å²) < 4.78 is 1.35. The molecule has 2 heterocycles. The third-order valence-corrected chi connectivity index (χ3v) is 4.32. The second kappa shape index (κ2) is 5.53. The van der Waals surface area contributed by atoms with Crippen molar-refractivity contribution in [1.29, 1.82) is 0 Å². The number of carboxylic acids is 1. The van der Waals surface area contributed by atoms with Crippen molar-refractivity contribution in [2.24, 2.45) is 7.05 Å². The van der Waals surface area contributed by atoms with Gasteiger partial charge in [-0.1, -0.05) is 0 Å². The van der Waals surface area contributed by atoms with Gasteiger partial charge in [0.2, 0.25) is 0 Å². The molecule has 2 N–H and O–H groups in total.